The first-order chi connectivity index (χ1) is 8.22. The van der Waals surface area contributed by atoms with Gasteiger partial charge in [-0.25, -0.2) is 0 Å². The van der Waals surface area contributed by atoms with Crippen molar-refractivity contribution < 1.29 is 0 Å². The number of rotatable bonds is 5. The van der Waals surface area contributed by atoms with Gasteiger partial charge in [-0.15, -0.1) is 0 Å². The van der Waals surface area contributed by atoms with E-state index in [1.54, 1.807) is 12.3 Å². The third-order valence-electron chi connectivity index (χ3n) is 2.65. The van der Waals surface area contributed by atoms with Gasteiger partial charge >= 0.3 is 0 Å². The molecule has 0 radical (unpaired) electrons. The van der Waals surface area contributed by atoms with Gasteiger partial charge in [0, 0.05) is 12.6 Å². The van der Waals surface area contributed by atoms with Gasteiger partial charge in [0.15, 0.2) is 0 Å². The predicted octanol–water partition coefficient (Wildman–Crippen LogP) is 2.69. The smallest absolute Gasteiger partial charge is 0.0628 e. The second-order valence-electron chi connectivity index (χ2n) is 3.86. The van der Waals surface area contributed by atoms with E-state index in [-0.39, 0.29) is 5.92 Å². The summed E-state index contributed by atoms with van der Waals surface area (Å²) in [6.45, 7) is 5.79. The first kappa shape index (κ1) is 13.0. The molecule has 0 aliphatic rings. The maximum atomic E-state index is 8.70. The van der Waals surface area contributed by atoms with Gasteiger partial charge in [0.05, 0.1) is 6.07 Å². The molecule has 1 atom stereocenters. The number of benzene rings is 1. The van der Waals surface area contributed by atoms with Gasteiger partial charge in [0.25, 0.3) is 0 Å². The summed E-state index contributed by atoms with van der Waals surface area (Å²) in [5.41, 5.74) is 5.62. The van der Waals surface area contributed by atoms with E-state index in [0.29, 0.717) is 6.42 Å². The standard InChI is InChI=1S/C14H17N3/c1-3-12(10-17-16)14-6-4-5-13(9-14)11(2)7-8-15/h3-6,9-11,17H,1,7,16H2,2H3/b12-10+. The zero-order valence-corrected chi connectivity index (χ0v) is 9.98. The SMILES string of the molecule is C=C/C(=C\NN)c1cccc(C(C)CC#N)c1. The highest BCUT2D eigenvalue weighted by Crippen LogP contribution is 2.23. The predicted molar refractivity (Wildman–Crippen MR) is 70.6 cm³/mol. The van der Waals surface area contributed by atoms with Crippen molar-refractivity contribution in [2.24, 2.45) is 5.84 Å². The molecule has 0 spiro atoms. The summed E-state index contributed by atoms with van der Waals surface area (Å²) in [6.07, 6.45) is 3.96. The molecule has 1 unspecified atom stereocenters. The molecule has 88 valence electrons. The lowest BCUT2D eigenvalue weighted by Crippen LogP contribution is -2.13. The highest BCUT2D eigenvalue weighted by molar-refractivity contribution is 5.73. The molecule has 0 aliphatic heterocycles. The fraction of sp³-hybridized carbons (Fsp3) is 0.214. The molecule has 0 aliphatic carbocycles. The number of nitrogens with one attached hydrogen (secondary N) is 1. The van der Waals surface area contributed by atoms with E-state index < -0.39 is 0 Å². The van der Waals surface area contributed by atoms with Gasteiger partial charge < -0.3 is 5.43 Å². The van der Waals surface area contributed by atoms with Crippen molar-refractivity contribution >= 4 is 5.57 Å². The van der Waals surface area contributed by atoms with E-state index >= 15 is 0 Å². The summed E-state index contributed by atoms with van der Waals surface area (Å²) in [5, 5.41) is 8.70. The van der Waals surface area contributed by atoms with Crippen molar-refractivity contribution in [1.82, 2.24) is 5.43 Å². The van der Waals surface area contributed by atoms with E-state index in [2.05, 4.69) is 24.1 Å². The average molecular weight is 227 g/mol. The Morgan fingerprint density at radius 3 is 3.00 bits per heavy atom. The molecular weight excluding hydrogens is 210 g/mol. The minimum Gasteiger partial charge on any atom is -0.331 e. The molecule has 0 fully saturated rings. The first-order valence-corrected chi connectivity index (χ1v) is 5.49. The van der Waals surface area contributed by atoms with Crippen molar-refractivity contribution in [2.45, 2.75) is 19.3 Å². The van der Waals surface area contributed by atoms with Crippen LogP contribution in [0.15, 0.2) is 43.1 Å². The first-order valence-electron chi connectivity index (χ1n) is 5.49. The summed E-state index contributed by atoms with van der Waals surface area (Å²) in [5.74, 6) is 5.50. The summed E-state index contributed by atoms with van der Waals surface area (Å²) in [6, 6.07) is 10.3. The molecule has 1 aromatic carbocycles. The maximum absolute atomic E-state index is 8.70. The Morgan fingerprint density at radius 2 is 2.41 bits per heavy atom. The number of hydrogen-bond acceptors (Lipinski definition) is 3. The molecular formula is C14H17N3. The van der Waals surface area contributed by atoms with Crippen LogP contribution < -0.4 is 11.3 Å². The molecule has 0 saturated heterocycles. The number of nitrogens with two attached hydrogens (primary N) is 1. The molecule has 0 saturated carbocycles. The van der Waals surface area contributed by atoms with Crippen LogP contribution >= 0.6 is 0 Å². The molecule has 17 heavy (non-hydrogen) atoms. The Hall–Kier alpha value is -2.05. The van der Waals surface area contributed by atoms with Crippen LogP contribution in [-0.4, -0.2) is 0 Å². The Balaban J connectivity index is 3.04. The second-order valence-corrected chi connectivity index (χ2v) is 3.86. The van der Waals surface area contributed by atoms with Crippen LogP contribution in [0.25, 0.3) is 5.57 Å². The fourth-order valence-corrected chi connectivity index (χ4v) is 1.63. The molecule has 3 nitrogen and oxygen atoms in total. The fourth-order valence-electron chi connectivity index (χ4n) is 1.63. The van der Waals surface area contributed by atoms with Crippen LogP contribution in [0.2, 0.25) is 0 Å². The molecule has 1 aromatic rings. The number of allylic oxidation sites excluding steroid dienone is 2. The van der Waals surface area contributed by atoms with Crippen molar-refractivity contribution in [3.8, 4) is 6.07 Å². The average Bonchev–Trinajstić information content (AvgIpc) is 2.36. The Labute approximate surface area is 102 Å². The topological polar surface area (TPSA) is 61.8 Å². The van der Waals surface area contributed by atoms with E-state index in [1.165, 1.54) is 0 Å². The molecule has 0 amide bonds. The molecule has 0 heterocycles. The minimum atomic E-state index is 0.233. The number of hydrazine groups is 1. The van der Waals surface area contributed by atoms with Crippen molar-refractivity contribution in [2.75, 3.05) is 0 Å². The van der Waals surface area contributed by atoms with E-state index in [1.807, 2.05) is 25.1 Å². The van der Waals surface area contributed by atoms with Crippen LogP contribution in [0.5, 0.6) is 0 Å². The summed E-state index contributed by atoms with van der Waals surface area (Å²) < 4.78 is 0. The summed E-state index contributed by atoms with van der Waals surface area (Å²) in [7, 11) is 0. The van der Waals surface area contributed by atoms with Crippen molar-refractivity contribution in [1.29, 1.82) is 5.26 Å². The minimum absolute atomic E-state index is 0.233. The second kappa shape index (κ2) is 6.51. The molecule has 1 rings (SSSR count). The van der Waals surface area contributed by atoms with Gasteiger partial charge in [-0.1, -0.05) is 43.8 Å². The van der Waals surface area contributed by atoms with Gasteiger partial charge in [0.1, 0.15) is 0 Å². The monoisotopic (exact) mass is 227 g/mol. The summed E-state index contributed by atoms with van der Waals surface area (Å²) in [4.78, 5) is 0. The highest BCUT2D eigenvalue weighted by atomic mass is 15.2. The molecule has 0 aromatic heterocycles. The molecule has 0 bridgehead atoms. The quantitative estimate of drug-likeness (QED) is 0.462. The zero-order chi connectivity index (χ0) is 12.7. The van der Waals surface area contributed by atoms with Crippen molar-refractivity contribution in [3.63, 3.8) is 0 Å². The zero-order valence-electron chi connectivity index (χ0n) is 9.98. The number of hydrogen-bond donors (Lipinski definition) is 2. The van der Waals surface area contributed by atoms with Gasteiger partial charge in [-0.3, -0.25) is 5.84 Å². The van der Waals surface area contributed by atoms with E-state index in [0.717, 1.165) is 16.7 Å². The lowest BCUT2D eigenvalue weighted by molar-refractivity contribution is 0.788. The third-order valence-corrected chi connectivity index (χ3v) is 2.65. The Kier molecular flexibility index (Phi) is 4.99. The Morgan fingerprint density at radius 1 is 1.65 bits per heavy atom. The summed E-state index contributed by atoms with van der Waals surface area (Å²) >= 11 is 0. The van der Waals surface area contributed by atoms with Gasteiger partial charge in [-0.05, 0) is 22.6 Å². The Bertz CT molecular complexity index is 455. The van der Waals surface area contributed by atoms with E-state index in [4.69, 9.17) is 11.1 Å². The van der Waals surface area contributed by atoms with Gasteiger partial charge in [-0.2, -0.15) is 5.26 Å². The van der Waals surface area contributed by atoms with Crippen LogP contribution in [-0.2, 0) is 0 Å². The van der Waals surface area contributed by atoms with E-state index in [9.17, 15) is 0 Å². The van der Waals surface area contributed by atoms with Crippen LogP contribution in [0, 0.1) is 11.3 Å². The normalized spacial score (nSPS) is 12.6. The highest BCUT2D eigenvalue weighted by Gasteiger charge is 2.06. The third kappa shape index (κ3) is 3.47. The van der Waals surface area contributed by atoms with Crippen LogP contribution in [0.1, 0.15) is 30.4 Å². The largest absolute Gasteiger partial charge is 0.331 e. The number of nitriles is 1. The van der Waals surface area contributed by atoms with Crippen LogP contribution in [0.4, 0.5) is 0 Å². The molecule has 3 heteroatoms. The van der Waals surface area contributed by atoms with Gasteiger partial charge in [0.2, 0.25) is 0 Å². The lowest BCUT2D eigenvalue weighted by atomic mass is 9.95. The molecule has 3 N–H and O–H groups in total. The van der Waals surface area contributed by atoms with Crippen LogP contribution in [0.3, 0.4) is 0 Å². The number of nitrogens with zero attached hydrogens (tertiary/aromatic N) is 1. The maximum Gasteiger partial charge on any atom is 0.0628 e. The lowest BCUT2D eigenvalue weighted by Gasteiger charge is -2.10. The van der Waals surface area contributed by atoms with Crippen molar-refractivity contribution in [3.05, 3.63) is 54.2 Å².